The number of fused-ring (bicyclic) bond motifs is 1. The standard InChI is InChI=1S/C24H18F3N3O4S/c25-24(26,27)19-10-16(3-1-15(19)11-28)29-21(32)23(7-8-33-13-23)30(22(29)35)17-4-6-20-14(9-17)2-5-18(12-31)34-20/h1-6,9-10,18,31H,7-8,12-13H2/t18-,23-/m0/s1. The van der Waals surface area contributed by atoms with Crippen LogP contribution in [0.3, 0.4) is 0 Å². The second-order valence-electron chi connectivity index (χ2n) is 8.35. The van der Waals surface area contributed by atoms with E-state index in [0.29, 0.717) is 23.4 Å². The van der Waals surface area contributed by atoms with Crippen LogP contribution in [0, 0.1) is 11.3 Å². The molecule has 0 aliphatic carbocycles. The number of hydrogen-bond donors (Lipinski definition) is 1. The summed E-state index contributed by atoms with van der Waals surface area (Å²) in [7, 11) is 0. The van der Waals surface area contributed by atoms with E-state index in [2.05, 4.69) is 0 Å². The number of ether oxygens (including phenoxy) is 2. The van der Waals surface area contributed by atoms with Gasteiger partial charge in [0, 0.05) is 24.3 Å². The van der Waals surface area contributed by atoms with Crippen molar-refractivity contribution in [1.82, 2.24) is 0 Å². The van der Waals surface area contributed by atoms with Crippen LogP contribution in [-0.2, 0) is 15.7 Å². The Bertz CT molecular complexity index is 1300. The second kappa shape index (κ2) is 8.34. The molecule has 0 unspecified atom stereocenters. The van der Waals surface area contributed by atoms with Crippen LogP contribution in [0.2, 0.25) is 0 Å². The molecule has 3 aliphatic rings. The van der Waals surface area contributed by atoms with Crippen LogP contribution in [0.5, 0.6) is 5.75 Å². The Morgan fingerprint density at radius 1 is 1.23 bits per heavy atom. The predicted molar refractivity (Wildman–Crippen MR) is 124 cm³/mol. The van der Waals surface area contributed by atoms with Gasteiger partial charge in [-0.2, -0.15) is 18.4 Å². The minimum Gasteiger partial charge on any atom is -0.483 e. The Morgan fingerprint density at radius 3 is 2.66 bits per heavy atom. The molecule has 0 bridgehead atoms. The third kappa shape index (κ3) is 3.65. The smallest absolute Gasteiger partial charge is 0.417 e. The molecule has 1 amide bonds. The Balaban J connectivity index is 1.59. The van der Waals surface area contributed by atoms with E-state index in [0.717, 1.165) is 17.0 Å². The highest BCUT2D eigenvalue weighted by atomic mass is 32.1. The SMILES string of the molecule is N#Cc1ccc(N2C(=O)[C@@]3(CCOC3)N(c3ccc4c(c3)C=C[C@@H](CO)O4)C2=S)cc1C(F)(F)F. The molecule has 2 aromatic rings. The molecular weight excluding hydrogens is 483 g/mol. The number of hydrogen-bond acceptors (Lipinski definition) is 6. The Labute approximate surface area is 203 Å². The van der Waals surface area contributed by atoms with Crippen LogP contribution in [0.4, 0.5) is 24.5 Å². The van der Waals surface area contributed by atoms with Gasteiger partial charge in [0.05, 0.1) is 36.1 Å². The highest BCUT2D eigenvalue weighted by molar-refractivity contribution is 7.81. The molecule has 3 aliphatic heterocycles. The number of aliphatic hydroxyl groups excluding tert-OH is 1. The van der Waals surface area contributed by atoms with Crippen LogP contribution in [0.1, 0.15) is 23.1 Å². The summed E-state index contributed by atoms with van der Waals surface area (Å²) in [5.74, 6) is 0.0462. The predicted octanol–water partition coefficient (Wildman–Crippen LogP) is 3.64. The van der Waals surface area contributed by atoms with Crippen molar-refractivity contribution >= 4 is 40.7 Å². The molecule has 2 aromatic carbocycles. The molecule has 0 aromatic heterocycles. The normalized spacial score (nSPS) is 23.6. The van der Waals surface area contributed by atoms with Gasteiger partial charge in [-0.25, -0.2) is 0 Å². The van der Waals surface area contributed by atoms with Crippen molar-refractivity contribution in [2.45, 2.75) is 24.2 Å². The fourth-order valence-corrected chi connectivity index (χ4v) is 5.05. The first-order valence-corrected chi connectivity index (χ1v) is 11.1. The van der Waals surface area contributed by atoms with Gasteiger partial charge < -0.3 is 19.5 Å². The second-order valence-corrected chi connectivity index (χ2v) is 8.72. The van der Waals surface area contributed by atoms with Gasteiger partial charge in [0.1, 0.15) is 11.9 Å². The Morgan fingerprint density at radius 2 is 2.00 bits per heavy atom. The maximum absolute atomic E-state index is 13.7. The number of alkyl halides is 3. The van der Waals surface area contributed by atoms with Gasteiger partial charge >= 0.3 is 6.18 Å². The molecule has 1 spiro atoms. The average Bonchev–Trinajstić information content (AvgIpc) is 3.41. The van der Waals surface area contributed by atoms with Gasteiger partial charge in [0.2, 0.25) is 0 Å². The lowest BCUT2D eigenvalue weighted by atomic mass is 9.95. The summed E-state index contributed by atoms with van der Waals surface area (Å²) >= 11 is 5.65. The van der Waals surface area contributed by atoms with E-state index >= 15 is 0 Å². The van der Waals surface area contributed by atoms with Crippen LogP contribution >= 0.6 is 12.2 Å². The number of amides is 1. The minimum atomic E-state index is -4.78. The molecule has 180 valence electrons. The average molecular weight is 501 g/mol. The summed E-state index contributed by atoms with van der Waals surface area (Å²) in [5, 5.41) is 18.5. The van der Waals surface area contributed by atoms with E-state index in [1.54, 1.807) is 41.3 Å². The molecule has 1 N–H and O–H groups in total. The van der Waals surface area contributed by atoms with Crippen LogP contribution in [0.15, 0.2) is 42.5 Å². The summed E-state index contributed by atoms with van der Waals surface area (Å²) in [5.41, 5.74) is -1.73. The van der Waals surface area contributed by atoms with E-state index in [4.69, 9.17) is 27.0 Å². The highest BCUT2D eigenvalue weighted by Gasteiger charge is 2.58. The zero-order valence-electron chi connectivity index (χ0n) is 18.1. The van der Waals surface area contributed by atoms with E-state index in [9.17, 15) is 23.1 Å². The molecule has 11 heteroatoms. The van der Waals surface area contributed by atoms with Crippen LogP contribution in [-0.4, -0.2) is 47.6 Å². The van der Waals surface area contributed by atoms with Gasteiger partial charge in [-0.1, -0.05) is 6.08 Å². The quantitative estimate of drug-likeness (QED) is 0.643. The third-order valence-corrected chi connectivity index (χ3v) is 6.67. The van der Waals surface area contributed by atoms with Crippen LogP contribution < -0.4 is 14.5 Å². The minimum absolute atomic E-state index is 0.00669. The first kappa shape index (κ1) is 23.3. The summed E-state index contributed by atoms with van der Waals surface area (Å²) in [4.78, 5) is 16.4. The number of halogens is 3. The molecule has 0 saturated carbocycles. The molecule has 35 heavy (non-hydrogen) atoms. The molecular formula is C24H18F3N3O4S. The van der Waals surface area contributed by atoms with Gasteiger partial charge in [-0.3, -0.25) is 9.69 Å². The first-order valence-electron chi connectivity index (χ1n) is 10.7. The van der Waals surface area contributed by atoms with E-state index in [1.165, 1.54) is 6.07 Å². The van der Waals surface area contributed by atoms with Crippen molar-refractivity contribution in [3.8, 4) is 11.8 Å². The monoisotopic (exact) mass is 501 g/mol. The van der Waals surface area contributed by atoms with Gasteiger partial charge in [-0.05, 0) is 54.7 Å². The number of benzene rings is 2. The van der Waals surface area contributed by atoms with E-state index < -0.39 is 34.9 Å². The number of aliphatic hydroxyl groups is 1. The number of anilines is 2. The number of rotatable bonds is 3. The van der Waals surface area contributed by atoms with Gasteiger partial charge in [0.15, 0.2) is 10.7 Å². The molecule has 7 nitrogen and oxygen atoms in total. The number of nitrogens with zero attached hydrogens (tertiary/aromatic N) is 3. The Hall–Kier alpha value is -3.46. The first-order chi connectivity index (χ1) is 16.7. The van der Waals surface area contributed by atoms with E-state index in [-0.39, 0.29) is 30.6 Å². The molecule has 2 saturated heterocycles. The van der Waals surface area contributed by atoms with Crippen molar-refractivity contribution in [2.24, 2.45) is 0 Å². The lowest BCUT2D eigenvalue weighted by Crippen LogP contribution is -2.50. The van der Waals surface area contributed by atoms with Gasteiger partial charge in [-0.15, -0.1) is 0 Å². The van der Waals surface area contributed by atoms with Crippen molar-refractivity contribution in [2.75, 3.05) is 29.6 Å². The summed E-state index contributed by atoms with van der Waals surface area (Å²) in [6.45, 7) is 0.120. The van der Waals surface area contributed by atoms with Crippen LogP contribution in [0.25, 0.3) is 6.08 Å². The molecule has 5 rings (SSSR count). The molecule has 0 radical (unpaired) electrons. The fraction of sp³-hybridized carbons (Fsp3) is 0.292. The largest absolute Gasteiger partial charge is 0.483 e. The van der Waals surface area contributed by atoms with Crippen molar-refractivity contribution in [3.63, 3.8) is 0 Å². The topological polar surface area (TPSA) is 86.0 Å². The van der Waals surface area contributed by atoms with Crippen molar-refractivity contribution in [1.29, 1.82) is 5.26 Å². The molecule has 2 fully saturated rings. The third-order valence-electron chi connectivity index (χ3n) is 6.30. The van der Waals surface area contributed by atoms with Crippen molar-refractivity contribution in [3.05, 3.63) is 59.2 Å². The Kier molecular flexibility index (Phi) is 5.55. The van der Waals surface area contributed by atoms with Crippen molar-refractivity contribution < 1.29 is 32.5 Å². The lowest BCUT2D eigenvalue weighted by Gasteiger charge is -2.32. The van der Waals surface area contributed by atoms with Gasteiger partial charge in [0.25, 0.3) is 5.91 Å². The van der Waals surface area contributed by atoms with E-state index in [1.807, 2.05) is 0 Å². The number of carbonyl (C=O) groups excluding carboxylic acids is 1. The maximum atomic E-state index is 13.7. The fourth-order valence-electron chi connectivity index (χ4n) is 4.59. The lowest BCUT2D eigenvalue weighted by molar-refractivity contribution is -0.137. The zero-order chi connectivity index (χ0) is 25.0. The number of thiocarbonyl (C=S) groups is 1. The zero-order valence-corrected chi connectivity index (χ0v) is 18.9. The summed E-state index contributed by atoms with van der Waals surface area (Å²) < 4.78 is 52.0. The number of carbonyl (C=O) groups is 1. The molecule has 2 atom stereocenters. The molecule has 3 heterocycles. The number of nitriles is 1. The highest BCUT2D eigenvalue weighted by Crippen LogP contribution is 2.44. The maximum Gasteiger partial charge on any atom is 0.417 e. The summed E-state index contributed by atoms with van der Waals surface area (Å²) in [6, 6.07) is 9.79. The summed E-state index contributed by atoms with van der Waals surface area (Å²) in [6.07, 6.45) is -1.46.